The molecule has 1 fully saturated rings. The van der Waals surface area contributed by atoms with Gasteiger partial charge in [-0.15, -0.1) is 10.2 Å². The maximum atomic E-state index is 12.6. The normalized spacial score (nSPS) is 21.5. The van der Waals surface area contributed by atoms with Crippen molar-refractivity contribution in [3.05, 3.63) is 41.1 Å². The minimum absolute atomic E-state index is 0.225. The highest BCUT2D eigenvalue weighted by Crippen LogP contribution is 2.27. The van der Waals surface area contributed by atoms with E-state index in [9.17, 15) is 8.42 Å². The lowest BCUT2D eigenvalue weighted by Gasteiger charge is -2.14. The average molecular weight is 336 g/mol. The lowest BCUT2D eigenvalue weighted by molar-refractivity contribution is 0.413. The van der Waals surface area contributed by atoms with E-state index in [-0.39, 0.29) is 6.04 Å². The molecule has 1 aliphatic heterocycles. The molecule has 2 unspecified atom stereocenters. The van der Waals surface area contributed by atoms with Crippen LogP contribution in [-0.4, -0.2) is 30.4 Å². The second-order valence-corrected chi connectivity index (χ2v) is 7.88. The fraction of sp³-hybridized carbons (Fsp3) is 0.467. The van der Waals surface area contributed by atoms with Crippen LogP contribution < -0.4 is 10.0 Å². The molecule has 2 heterocycles. The van der Waals surface area contributed by atoms with Crippen molar-refractivity contribution in [2.45, 2.75) is 38.5 Å². The molecule has 0 amide bonds. The number of aromatic nitrogens is 2. The quantitative estimate of drug-likeness (QED) is 0.884. The highest BCUT2D eigenvalue weighted by atomic mass is 32.2. The van der Waals surface area contributed by atoms with Gasteiger partial charge in [-0.1, -0.05) is 6.07 Å². The van der Waals surface area contributed by atoms with Crippen LogP contribution >= 0.6 is 0 Å². The molecule has 2 atom stereocenters. The number of nitrogens with one attached hydrogen (secondary N) is 2. The summed E-state index contributed by atoms with van der Waals surface area (Å²) in [4.78, 5) is 0. The number of hydrogen-bond donors (Lipinski definition) is 2. The second-order valence-electron chi connectivity index (χ2n) is 5.92. The molecular weight excluding hydrogens is 316 g/mol. The largest absolute Gasteiger partial charge is 0.424 e. The molecule has 124 valence electrons. The molecule has 1 aromatic carbocycles. The maximum absolute atomic E-state index is 12.6. The topological polar surface area (TPSA) is 97.1 Å². The Bertz CT molecular complexity index is 816. The summed E-state index contributed by atoms with van der Waals surface area (Å²) in [6.07, 6.45) is 0.405. The Labute approximate surface area is 135 Å². The molecule has 2 aromatic rings. The number of sulfonamides is 1. The molecular formula is C15H20N4O3S. The molecule has 3 rings (SSSR count). The van der Waals surface area contributed by atoms with Crippen LogP contribution in [0.2, 0.25) is 0 Å². The first-order valence-electron chi connectivity index (χ1n) is 7.47. The summed E-state index contributed by atoms with van der Waals surface area (Å²) in [5, 5.41) is 10.3. The standard InChI is InChI=1S/C15H20N4O3S/c1-9-4-5-12(6-10(9)2)19-23(20,21)13-7-14(16-8-13)15-18-17-11(3)22-15/h4-6,13-14,16,19H,7-8H2,1-3H3. The van der Waals surface area contributed by atoms with E-state index in [1.54, 1.807) is 13.0 Å². The first-order chi connectivity index (χ1) is 10.8. The van der Waals surface area contributed by atoms with Crippen molar-refractivity contribution in [3.63, 3.8) is 0 Å². The van der Waals surface area contributed by atoms with Gasteiger partial charge in [0.15, 0.2) is 0 Å². The maximum Gasteiger partial charge on any atom is 0.236 e. The number of benzene rings is 1. The van der Waals surface area contributed by atoms with Crippen molar-refractivity contribution in [3.8, 4) is 0 Å². The number of anilines is 1. The van der Waals surface area contributed by atoms with Gasteiger partial charge in [0.05, 0.1) is 11.3 Å². The van der Waals surface area contributed by atoms with Gasteiger partial charge in [-0.25, -0.2) is 8.42 Å². The molecule has 0 saturated carbocycles. The third-order valence-electron chi connectivity index (χ3n) is 4.14. The Hall–Kier alpha value is -1.93. The van der Waals surface area contributed by atoms with Crippen LogP contribution in [0.1, 0.15) is 35.4 Å². The Kier molecular flexibility index (Phi) is 4.11. The number of nitrogens with zero attached hydrogens (tertiary/aromatic N) is 2. The van der Waals surface area contributed by atoms with E-state index in [2.05, 4.69) is 20.2 Å². The molecule has 23 heavy (non-hydrogen) atoms. The zero-order valence-electron chi connectivity index (χ0n) is 13.3. The molecule has 1 aliphatic rings. The molecule has 2 N–H and O–H groups in total. The highest BCUT2D eigenvalue weighted by molar-refractivity contribution is 7.93. The predicted octanol–water partition coefficient (Wildman–Crippen LogP) is 1.84. The minimum Gasteiger partial charge on any atom is -0.424 e. The molecule has 8 heteroatoms. The molecule has 0 radical (unpaired) electrons. The van der Waals surface area contributed by atoms with Crippen LogP contribution in [-0.2, 0) is 10.0 Å². The molecule has 7 nitrogen and oxygen atoms in total. The van der Waals surface area contributed by atoms with E-state index in [4.69, 9.17) is 4.42 Å². The molecule has 0 spiro atoms. The third-order valence-corrected chi connectivity index (χ3v) is 5.89. The predicted molar refractivity (Wildman–Crippen MR) is 86.6 cm³/mol. The fourth-order valence-electron chi connectivity index (χ4n) is 2.63. The Morgan fingerprint density at radius 2 is 2.00 bits per heavy atom. The highest BCUT2D eigenvalue weighted by Gasteiger charge is 2.37. The van der Waals surface area contributed by atoms with Crippen LogP contribution in [0.15, 0.2) is 22.6 Å². The lowest BCUT2D eigenvalue weighted by atomic mass is 10.1. The Morgan fingerprint density at radius 1 is 1.22 bits per heavy atom. The molecule has 0 aliphatic carbocycles. The van der Waals surface area contributed by atoms with Gasteiger partial charge in [0.25, 0.3) is 0 Å². The van der Waals surface area contributed by atoms with Crippen LogP contribution in [0.5, 0.6) is 0 Å². The summed E-state index contributed by atoms with van der Waals surface area (Å²) in [6.45, 7) is 6.01. The fourth-order valence-corrected chi connectivity index (χ4v) is 4.02. The van der Waals surface area contributed by atoms with Gasteiger partial charge in [0.1, 0.15) is 0 Å². The second kappa shape index (κ2) is 5.93. The lowest BCUT2D eigenvalue weighted by Crippen LogP contribution is -2.29. The van der Waals surface area contributed by atoms with Crippen LogP contribution in [0, 0.1) is 20.8 Å². The van der Waals surface area contributed by atoms with Gasteiger partial charge in [0.2, 0.25) is 21.8 Å². The van der Waals surface area contributed by atoms with Crippen molar-refractivity contribution in [1.29, 1.82) is 0 Å². The summed E-state index contributed by atoms with van der Waals surface area (Å²) in [5.74, 6) is 0.910. The van der Waals surface area contributed by atoms with Gasteiger partial charge >= 0.3 is 0 Å². The van der Waals surface area contributed by atoms with E-state index in [0.29, 0.717) is 30.4 Å². The zero-order chi connectivity index (χ0) is 16.6. The van der Waals surface area contributed by atoms with Crippen molar-refractivity contribution in [2.24, 2.45) is 0 Å². The zero-order valence-corrected chi connectivity index (χ0v) is 14.1. The van der Waals surface area contributed by atoms with E-state index in [1.165, 1.54) is 0 Å². The Balaban J connectivity index is 1.72. The van der Waals surface area contributed by atoms with Gasteiger partial charge in [-0.2, -0.15) is 0 Å². The smallest absolute Gasteiger partial charge is 0.236 e. The number of hydrogen-bond acceptors (Lipinski definition) is 6. The van der Waals surface area contributed by atoms with E-state index >= 15 is 0 Å². The van der Waals surface area contributed by atoms with Gasteiger partial charge < -0.3 is 9.73 Å². The van der Waals surface area contributed by atoms with Crippen molar-refractivity contribution < 1.29 is 12.8 Å². The number of aryl methyl sites for hydroxylation is 3. The summed E-state index contributed by atoms with van der Waals surface area (Å²) < 4.78 is 33.2. The van der Waals surface area contributed by atoms with E-state index in [1.807, 2.05) is 26.0 Å². The van der Waals surface area contributed by atoms with Crippen LogP contribution in [0.4, 0.5) is 5.69 Å². The first kappa shape index (κ1) is 15.9. The number of rotatable bonds is 4. The first-order valence-corrected chi connectivity index (χ1v) is 9.02. The molecule has 1 aromatic heterocycles. The van der Waals surface area contributed by atoms with Gasteiger partial charge in [0, 0.05) is 19.2 Å². The summed E-state index contributed by atoms with van der Waals surface area (Å²) in [5.41, 5.74) is 2.77. The van der Waals surface area contributed by atoms with Crippen LogP contribution in [0.3, 0.4) is 0 Å². The molecule has 1 saturated heterocycles. The van der Waals surface area contributed by atoms with E-state index < -0.39 is 15.3 Å². The summed E-state index contributed by atoms with van der Waals surface area (Å²) >= 11 is 0. The third kappa shape index (κ3) is 3.37. The monoisotopic (exact) mass is 336 g/mol. The van der Waals surface area contributed by atoms with Gasteiger partial charge in [-0.05, 0) is 43.5 Å². The SMILES string of the molecule is Cc1nnc(C2CC(S(=O)(=O)Nc3ccc(C)c(C)c3)CN2)o1. The average Bonchev–Trinajstić information content (AvgIpc) is 3.11. The van der Waals surface area contributed by atoms with Crippen molar-refractivity contribution in [2.75, 3.05) is 11.3 Å². The van der Waals surface area contributed by atoms with E-state index in [0.717, 1.165) is 11.1 Å². The van der Waals surface area contributed by atoms with Crippen molar-refractivity contribution >= 4 is 15.7 Å². The van der Waals surface area contributed by atoms with Crippen molar-refractivity contribution in [1.82, 2.24) is 15.5 Å². The van der Waals surface area contributed by atoms with Gasteiger partial charge in [-0.3, -0.25) is 4.72 Å². The Morgan fingerprint density at radius 3 is 2.65 bits per heavy atom. The van der Waals surface area contributed by atoms with Crippen LogP contribution in [0.25, 0.3) is 0 Å². The minimum atomic E-state index is -3.48. The summed E-state index contributed by atoms with van der Waals surface area (Å²) in [6, 6.07) is 5.30. The molecule has 0 bridgehead atoms. The summed E-state index contributed by atoms with van der Waals surface area (Å²) in [7, 11) is -3.48.